The maximum Gasteiger partial charge on any atom is 0.0470 e. The molecule has 0 aromatic carbocycles. The molecule has 1 saturated heterocycles. The largest absolute Gasteiger partial charge is 0.314 e. The first kappa shape index (κ1) is 12.0. The van der Waals surface area contributed by atoms with Crippen molar-refractivity contribution in [2.75, 3.05) is 39.3 Å². The van der Waals surface area contributed by atoms with Gasteiger partial charge in [0.05, 0.1) is 0 Å². The van der Waals surface area contributed by atoms with Gasteiger partial charge >= 0.3 is 0 Å². The number of nitrogens with zero attached hydrogens (tertiary/aromatic N) is 4. The van der Waals surface area contributed by atoms with Crippen LogP contribution in [0.2, 0.25) is 0 Å². The van der Waals surface area contributed by atoms with Gasteiger partial charge in [-0.2, -0.15) is 0 Å². The van der Waals surface area contributed by atoms with E-state index in [1.807, 2.05) is 6.92 Å². The van der Waals surface area contributed by atoms with Crippen molar-refractivity contribution >= 4 is 0 Å². The second kappa shape index (κ2) is 7.29. The minimum atomic E-state index is 0.513. The molecular weight excluding hydrogens is 190 g/mol. The number of azide groups is 1. The van der Waals surface area contributed by atoms with Crippen LogP contribution in [-0.4, -0.2) is 44.2 Å². The lowest BCUT2D eigenvalue weighted by atomic mass is 10.1. The summed E-state index contributed by atoms with van der Waals surface area (Å²) in [6.07, 6.45) is 3.06. The van der Waals surface area contributed by atoms with Gasteiger partial charge in [-0.15, -0.1) is 0 Å². The van der Waals surface area contributed by atoms with Crippen LogP contribution < -0.4 is 5.32 Å². The molecule has 1 fully saturated rings. The third-order valence-electron chi connectivity index (χ3n) is 2.70. The molecule has 1 rings (SSSR count). The minimum absolute atomic E-state index is 0.513. The van der Waals surface area contributed by atoms with Crippen molar-refractivity contribution in [1.29, 1.82) is 0 Å². The Kier molecular flexibility index (Phi) is 5.85. The molecule has 0 aromatic heterocycles. The van der Waals surface area contributed by atoms with Crippen LogP contribution >= 0.6 is 0 Å². The molecule has 0 bridgehead atoms. The van der Waals surface area contributed by atoms with E-state index in [-0.39, 0.29) is 0 Å². The van der Waals surface area contributed by atoms with E-state index < -0.39 is 0 Å². The molecule has 15 heavy (non-hydrogen) atoms. The van der Waals surface area contributed by atoms with Crippen LogP contribution in [0.1, 0.15) is 13.3 Å². The molecule has 84 valence electrons. The highest BCUT2D eigenvalue weighted by Gasteiger charge is 2.08. The SMILES string of the molecule is C/C=C(/CCN1CCNCC1)CN=[N+]=[N-]. The van der Waals surface area contributed by atoms with Gasteiger partial charge in [0, 0.05) is 44.2 Å². The monoisotopic (exact) mass is 209 g/mol. The highest BCUT2D eigenvalue weighted by Crippen LogP contribution is 2.05. The van der Waals surface area contributed by atoms with E-state index in [9.17, 15) is 0 Å². The maximum atomic E-state index is 8.24. The summed E-state index contributed by atoms with van der Waals surface area (Å²) in [5, 5.41) is 6.92. The first-order valence-electron chi connectivity index (χ1n) is 5.45. The Morgan fingerprint density at radius 1 is 1.53 bits per heavy atom. The number of rotatable bonds is 5. The van der Waals surface area contributed by atoms with Gasteiger partial charge in [0.25, 0.3) is 0 Å². The Labute approximate surface area is 90.8 Å². The van der Waals surface area contributed by atoms with Crippen LogP contribution in [0.5, 0.6) is 0 Å². The first-order valence-corrected chi connectivity index (χ1v) is 5.45. The third-order valence-corrected chi connectivity index (χ3v) is 2.70. The van der Waals surface area contributed by atoms with Crippen LogP contribution in [0.4, 0.5) is 0 Å². The first-order chi connectivity index (χ1) is 7.36. The van der Waals surface area contributed by atoms with E-state index in [1.165, 1.54) is 5.57 Å². The van der Waals surface area contributed by atoms with Gasteiger partial charge in [-0.25, -0.2) is 0 Å². The molecular formula is C10H19N5. The Morgan fingerprint density at radius 2 is 2.27 bits per heavy atom. The molecule has 1 aliphatic heterocycles. The molecule has 0 amide bonds. The van der Waals surface area contributed by atoms with Crippen LogP contribution in [0.25, 0.3) is 10.4 Å². The van der Waals surface area contributed by atoms with Crippen LogP contribution in [0.15, 0.2) is 16.8 Å². The van der Waals surface area contributed by atoms with Crippen molar-refractivity contribution in [3.63, 3.8) is 0 Å². The average molecular weight is 209 g/mol. The van der Waals surface area contributed by atoms with E-state index in [0.29, 0.717) is 6.54 Å². The molecule has 0 radical (unpaired) electrons. The zero-order valence-corrected chi connectivity index (χ0v) is 9.32. The summed E-state index contributed by atoms with van der Waals surface area (Å²) >= 11 is 0. The summed E-state index contributed by atoms with van der Waals surface area (Å²) < 4.78 is 0. The summed E-state index contributed by atoms with van der Waals surface area (Å²) in [6.45, 7) is 8.00. The lowest BCUT2D eigenvalue weighted by Gasteiger charge is -2.27. The minimum Gasteiger partial charge on any atom is -0.314 e. The Balaban J connectivity index is 2.23. The summed E-state index contributed by atoms with van der Waals surface area (Å²) in [5.74, 6) is 0. The van der Waals surface area contributed by atoms with Gasteiger partial charge < -0.3 is 10.2 Å². The molecule has 1 heterocycles. The molecule has 5 heteroatoms. The predicted octanol–water partition coefficient (Wildman–Crippen LogP) is 1.54. The van der Waals surface area contributed by atoms with Crippen molar-refractivity contribution in [2.45, 2.75) is 13.3 Å². The fraction of sp³-hybridized carbons (Fsp3) is 0.800. The van der Waals surface area contributed by atoms with Gasteiger partial charge in [0.15, 0.2) is 0 Å². The standard InChI is InChI=1S/C10H19N5/c1-2-10(9-13-14-11)3-6-15-7-4-12-5-8-15/h2,12H,3-9H2,1H3/b10-2-. The highest BCUT2D eigenvalue weighted by molar-refractivity contribution is 5.03. The van der Waals surface area contributed by atoms with Crippen LogP contribution in [-0.2, 0) is 0 Å². The molecule has 0 saturated carbocycles. The van der Waals surface area contributed by atoms with E-state index in [0.717, 1.165) is 39.1 Å². The topological polar surface area (TPSA) is 64.0 Å². The van der Waals surface area contributed by atoms with Gasteiger partial charge in [-0.05, 0) is 18.9 Å². The molecule has 0 aromatic rings. The van der Waals surface area contributed by atoms with E-state index in [2.05, 4.69) is 26.3 Å². The summed E-state index contributed by atoms with van der Waals surface area (Å²) in [5.41, 5.74) is 9.47. The van der Waals surface area contributed by atoms with Gasteiger partial charge in [-0.3, -0.25) is 0 Å². The Hall–Kier alpha value is -1.03. The second-order valence-electron chi connectivity index (χ2n) is 3.68. The molecule has 0 unspecified atom stereocenters. The lowest BCUT2D eigenvalue weighted by molar-refractivity contribution is 0.243. The second-order valence-corrected chi connectivity index (χ2v) is 3.68. The third kappa shape index (κ3) is 4.83. The Bertz CT molecular complexity index is 249. The van der Waals surface area contributed by atoms with Crippen molar-refractivity contribution in [3.05, 3.63) is 22.1 Å². The zero-order valence-electron chi connectivity index (χ0n) is 9.32. The molecule has 1 N–H and O–H groups in total. The van der Waals surface area contributed by atoms with Gasteiger partial charge in [0.2, 0.25) is 0 Å². The summed E-state index contributed by atoms with van der Waals surface area (Å²) in [6, 6.07) is 0. The van der Waals surface area contributed by atoms with E-state index in [1.54, 1.807) is 0 Å². The molecule has 0 aliphatic carbocycles. The van der Waals surface area contributed by atoms with Gasteiger partial charge in [0.1, 0.15) is 0 Å². The fourth-order valence-electron chi connectivity index (χ4n) is 1.67. The normalized spacial score (nSPS) is 18.6. The van der Waals surface area contributed by atoms with Gasteiger partial charge in [-0.1, -0.05) is 16.8 Å². The Morgan fingerprint density at radius 3 is 2.87 bits per heavy atom. The molecule has 0 spiro atoms. The smallest absolute Gasteiger partial charge is 0.0470 e. The summed E-state index contributed by atoms with van der Waals surface area (Å²) in [7, 11) is 0. The number of hydrogen-bond donors (Lipinski definition) is 1. The van der Waals surface area contributed by atoms with E-state index in [4.69, 9.17) is 5.53 Å². The highest BCUT2D eigenvalue weighted by atomic mass is 15.2. The maximum absolute atomic E-state index is 8.24. The zero-order chi connectivity index (χ0) is 10.9. The predicted molar refractivity (Wildman–Crippen MR) is 61.7 cm³/mol. The van der Waals surface area contributed by atoms with Crippen molar-refractivity contribution in [2.24, 2.45) is 5.11 Å². The van der Waals surface area contributed by atoms with Crippen molar-refractivity contribution in [1.82, 2.24) is 10.2 Å². The van der Waals surface area contributed by atoms with Crippen molar-refractivity contribution < 1.29 is 0 Å². The average Bonchev–Trinajstić information content (AvgIpc) is 2.31. The quantitative estimate of drug-likeness (QED) is 0.323. The summed E-state index contributed by atoms with van der Waals surface area (Å²) in [4.78, 5) is 5.22. The number of nitrogens with one attached hydrogen (secondary N) is 1. The molecule has 5 nitrogen and oxygen atoms in total. The van der Waals surface area contributed by atoms with E-state index >= 15 is 0 Å². The molecule has 0 atom stereocenters. The number of piperazine rings is 1. The van der Waals surface area contributed by atoms with Crippen LogP contribution in [0, 0.1) is 0 Å². The van der Waals surface area contributed by atoms with Crippen LogP contribution in [0.3, 0.4) is 0 Å². The number of allylic oxidation sites excluding steroid dienone is 1. The van der Waals surface area contributed by atoms with Crippen molar-refractivity contribution in [3.8, 4) is 0 Å². The lowest BCUT2D eigenvalue weighted by Crippen LogP contribution is -2.43. The fourth-order valence-corrected chi connectivity index (χ4v) is 1.67. The molecule has 1 aliphatic rings. The number of hydrogen-bond acceptors (Lipinski definition) is 3.